The Bertz CT molecular complexity index is 754. The highest BCUT2D eigenvalue weighted by Gasteiger charge is 2.20. The van der Waals surface area contributed by atoms with Crippen molar-refractivity contribution < 1.29 is 9.72 Å². The molecule has 10 heteroatoms. The summed E-state index contributed by atoms with van der Waals surface area (Å²) in [4.78, 5) is 22.1. The maximum atomic E-state index is 12.1. The first-order valence-corrected chi connectivity index (χ1v) is 7.90. The molecule has 2 aromatic rings. The number of nitro groups is 1. The molecule has 0 saturated carbocycles. The van der Waals surface area contributed by atoms with Crippen molar-refractivity contribution in [2.45, 2.75) is 46.3 Å². The van der Waals surface area contributed by atoms with Crippen LogP contribution in [-0.4, -0.2) is 30.4 Å². The molecule has 0 bridgehead atoms. The number of carbonyl (C=O) groups is 1. The molecule has 0 saturated heterocycles. The fraction of sp³-hybridized carbons (Fsp3) is 0.500. The van der Waals surface area contributed by atoms with Gasteiger partial charge in [0.15, 0.2) is 5.02 Å². The van der Waals surface area contributed by atoms with Gasteiger partial charge >= 0.3 is 5.82 Å². The summed E-state index contributed by atoms with van der Waals surface area (Å²) in [7, 11) is 0. The minimum Gasteiger partial charge on any atom is -0.358 e. The molecular weight excluding hydrogens is 336 g/mol. The Kier molecular flexibility index (Phi) is 5.55. The second-order valence-corrected chi connectivity index (χ2v) is 5.77. The molecule has 1 atom stereocenters. The molecular formula is C14H19ClN6O3. The van der Waals surface area contributed by atoms with Gasteiger partial charge in [-0.25, -0.2) is 0 Å². The largest absolute Gasteiger partial charge is 0.408 e. The number of hydrogen-bond acceptors (Lipinski definition) is 5. The third-order valence-electron chi connectivity index (χ3n) is 3.72. The first-order chi connectivity index (χ1) is 11.3. The average molecular weight is 355 g/mol. The highest BCUT2D eigenvalue weighted by Crippen LogP contribution is 2.21. The number of hydrogen-bond donors (Lipinski definition) is 1. The summed E-state index contributed by atoms with van der Waals surface area (Å²) in [6, 6.07) is -0.173. The summed E-state index contributed by atoms with van der Waals surface area (Å²) in [5.74, 6) is -0.589. The number of rotatable bonds is 7. The Hall–Kier alpha value is -2.42. The number of carbonyl (C=O) groups excluding carboxylic acids is 1. The fourth-order valence-corrected chi connectivity index (χ4v) is 2.66. The van der Waals surface area contributed by atoms with Crippen molar-refractivity contribution in [1.82, 2.24) is 24.9 Å². The van der Waals surface area contributed by atoms with Crippen LogP contribution in [0.3, 0.4) is 0 Å². The van der Waals surface area contributed by atoms with Crippen LogP contribution in [0.5, 0.6) is 0 Å². The van der Waals surface area contributed by atoms with Crippen LogP contribution in [0.15, 0.2) is 12.4 Å². The number of halogens is 1. The van der Waals surface area contributed by atoms with Gasteiger partial charge in [0.25, 0.3) is 0 Å². The molecule has 0 unspecified atom stereocenters. The lowest BCUT2D eigenvalue weighted by Gasteiger charge is -2.13. The molecule has 2 heterocycles. The van der Waals surface area contributed by atoms with Gasteiger partial charge in [-0.1, -0.05) is 11.6 Å². The van der Waals surface area contributed by atoms with E-state index in [9.17, 15) is 14.9 Å². The Labute approximate surface area is 143 Å². The summed E-state index contributed by atoms with van der Waals surface area (Å²) in [5.41, 5.74) is 1.97. The SMILES string of the molecule is CCn1ncc([C@H](C)NC(=O)CCn2cc(Cl)c([N+](=O)[O-])n2)c1C. The second kappa shape index (κ2) is 7.43. The standard InChI is InChI=1S/C14H19ClN6O3/c1-4-20-10(3)11(7-16-20)9(2)17-13(22)5-6-19-8-12(15)14(18-19)21(23)24/h7-9H,4-6H2,1-3H3,(H,17,22)/t9-/m0/s1. The lowest BCUT2D eigenvalue weighted by Crippen LogP contribution is -2.27. The van der Waals surface area contributed by atoms with Crippen LogP contribution in [0.25, 0.3) is 0 Å². The second-order valence-electron chi connectivity index (χ2n) is 5.36. The summed E-state index contributed by atoms with van der Waals surface area (Å²) in [6.45, 7) is 6.82. The van der Waals surface area contributed by atoms with Crippen LogP contribution < -0.4 is 5.32 Å². The van der Waals surface area contributed by atoms with Crippen LogP contribution in [-0.2, 0) is 17.9 Å². The molecule has 1 amide bonds. The molecule has 0 aliphatic carbocycles. The van der Waals surface area contributed by atoms with Crippen molar-refractivity contribution in [2.75, 3.05) is 0 Å². The van der Waals surface area contributed by atoms with E-state index in [0.717, 1.165) is 17.8 Å². The van der Waals surface area contributed by atoms with Crippen molar-refractivity contribution in [2.24, 2.45) is 0 Å². The van der Waals surface area contributed by atoms with E-state index in [1.54, 1.807) is 6.20 Å². The van der Waals surface area contributed by atoms with Crippen LogP contribution in [0.1, 0.15) is 37.6 Å². The molecule has 2 aromatic heterocycles. The van der Waals surface area contributed by atoms with Crippen molar-refractivity contribution in [1.29, 1.82) is 0 Å². The first kappa shape index (κ1) is 17.9. The van der Waals surface area contributed by atoms with Gasteiger partial charge in [-0.05, 0) is 25.7 Å². The van der Waals surface area contributed by atoms with Crippen molar-refractivity contribution in [3.63, 3.8) is 0 Å². The summed E-state index contributed by atoms with van der Waals surface area (Å²) in [6.07, 6.45) is 3.23. The van der Waals surface area contributed by atoms with E-state index in [-0.39, 0.29) is 29.9 Å². The zero-order valence-corrected chi connectivity index (χ0v) is 14.4. The maximum Gasteiger partial charge on any atom is 0.408 e. The summed E-state index contributed by atoms with van der Waals surface area (Å²) < 4.78 is 3.16. The molecule has 2 rings (SSSR count). The van der Waals surface area contributed by atoms with E-state index in [2.05, 4.69) is 15.5 Å². The lowest BCUT2D eigenvalue weighted by molar-refractivity contribution is -0.389. The van der Waals surface area contributed by atoms with Gasteiger partial charge in [0.05, 0.1) is 30.1 Å². The molecule has 0 radical (unpaired) electrons. The zero-order valence-electron chi connectivity index (χ0n) is 13.7. The molecule has 0 spiro atoms. The number of amides is 1. The van der Waals surface area contributed by atoms with Crippen LogP contribution in [0, 0.1) is 17.0 Å². The fourth-order valence-electron chi connectivity index (χ4n) is 2.44. The van der Waals surface area contributed by atoms with Crippen molar-refractivity contribution in [3.8, 4) is 0 Å². The zero-order chi connectivity index (χ0) is 17.9. The van der Waals surface area contributed by atoms with Crippen LogP contribution in [0.4, 0.5) is 5.82 Å². The molecule has 0 aliphatic rings. The smallest absolute Gasteiger partial charge is 0.358 e. The molecule has 0 aliphatic heterocycles. The van der Waals surface area contributed by atoms with Crippen LogP contribution >= 0.6 is 11.6 Å². The van der Waals surface area contributed by atoms with E-state index in [1.807, 2.05) is 25.5 Å². The van der Waals surface area contributed by atoms with Crippen molar-refractivity contribution in [3.05, 3.63) is 38.8 Å². The van der Waals surface area contributed by atoms with Gasteiger partial charge in [0.2, 0.25) is 5.91 Å². The molecule has 1 N–H and O–H groups in total. The molecule has 24 heavy (non-hydrogen) atoms. The number of aromatic nitrogens is 4. The van der Waals surface area contributed by atoms with Gasteiger partial charge in [0.1, 0.15) is 0 Å². The van der Waals surface area contributed by atoms with Gasteiger partial charge in [-0.15, -0.1) is 0 Å². The van der Waals surface area contributed by atoms with E-state index in [0.29, 0.717) is 0 Å². The summed E-state index contributed by atoms with van der Waals surface area (Å²) >= 11 is 5.72. The Morgan fingerprint density at radius 3 is 2.79 bits per heavy atom. The predicted molar refractivity (Wildman–Crippen MR) is 87.7 cm³/mol. The van der Waals surface area contributed by atoms with Gasteiger partial charge in [-0.3, -0.25) is 9.48 Å². The molecule has 130 valence electrons. The first-order valence-electron chi connectivity index (χ1n) is 7.52. The number of aryl methyl sites for hydroxylation is 2. The van der Waals surface area contributed by atoms with E-state index >= 15 is 0 Å². The van der Waals surface area contributed by atoms with E-state index in [1.165, 1.54) is 10.9 Å². The minimum atomic E-state index is -0.658. The molecule has 0 fully saturated rings. The quantitative estimate of drug-likeness (QED) is 0.606. The third-order valence-corrected chi connectivity index (χ3v) is 3.99. The van der Waals surface area contributed by atoms with Gasteiger partial charge in [-0.2, -0.15) is 9.78 Å². The Morgan fingerprint density at radius 2 is 2.25 bits per heavy atom. The Balaban J connectivity index is 1.92. The average Bonchev–Trinajstić information content (AvgIpc) is 3.07. The maximum absolute atomic E-state index is 12.1. The lowest BCUT2D eigenvalue weighted by atomic mass is 10.1. The third kappa shape index (κ3) is 3.91. The van der Waals surface area contributed by atoms with Gasteiger partial charge in [0, 0.05) is 24.2 Å². The van der Waals surface area contributed by atoms with Crippen LogP contribution in [0.2, 0.25) is 5.02 Å². The minimum absolute atomic E-state index is 0.0450. The normalized spacial score (nSPS) is 12.2. The monoisotopic (exact) mass is 354 g/mol. The molecule has 0 aromatic carbocycles. The van der Waals surface area contributed by atoms with Gasteiger partial charge < -0.3 is 15.4 Å². The van der Waals surface area contributed by atoms with Crippen molar-refractivity contribution >= 4 is 23.3 Å². The molecule has 9 nitrogen and oxygen atoms in total. The summed E-state index contributed by atoms with van der Waals surface area (Å²) in [5, 5.41) is 21.5. The Morgan fingerprint density at radius 1 is 1.54 bits per heavy atom. The van der Waals surface area contributed by atoms with E-state index < -0.39 is 10.7 Å². The highest BCUT2D eigenvalue weighted by molar-refractivity contribution is 6.32. The number of nitrogens with one attached hydrogen (secondary N) is 1. The van der Waals surface area contributed by atoms with E-state index in [4.69, 9.17) is 11.6 Å². The topological polar surface area (TPSA) is 108 Å². The predicted octanol–water partition coefficient (Wildman–Crippen LogP) is 2.24. The number of nitrogens with zero attached hydrogens (tertiary/aromatic N) is 5. The highest BCUT2D eigenvalue weighted by atomic mass is 35.5.